The fourth-order valence-corrected chi connectivity index (χ4v) is 0.911. The monoisotopic (exact) mass is 188 g/mol. The maximum atomic E-state index is 4.12. The molecule has 2 heteroatoms. The van der Waals surface area contributed by atoms with E-state index in [4.69, 9.17) is 0 Å². The highest BCUT2D eigenvalue weighted by Gasteiger charge is 2.03. The second kappa shape index (κ2) is 4.23. The van der Waals surface area contributed by atoms with Crippen LogP contribution in [-0.2, 0) is 6.42 Å². The second-order valence-electron chi connectivity index (χ2n) is 4.25. The Kier molecular flexibility index (Phi) is 3.24. The van der Waals surface area contributed by atoms with Gasteiger partial charge in [-0.05, 0) is 39.2 Å². The van der Waals surface area contributed by atoms with Gasteiger partial charge in [0.05, 0.1) is 0 Å². The van der Waals surface area contributed by atoms with Crippen LogP contribution in [0, 0.1) is 17.3 Å². The Balaban J connectivity index is 2.90. The van der Waals surface area contributed by atoms with Gasteiger partial charge in [0.25, 0.3) is 0 Å². The summed E-state index contributed by atoms with van der Waals surface area (Å²) in [5.41, 5.74) is 1.88. The molecule has 2 nitrogen and oxygen atoms in total. The minimum absolute atomic E-state index is 0.0251. The number of nitrogens with zero attached hydrogens (tertiary/aromatic N) is 2. The highest BCUT2D eigenvalue weighted by atomic mass is 14.8. The Hall–Kier alpha value is -1.36. The van der Waals surface area contributed by atoms with Crippen molar-refractivity contribution in [1.29, 1.82) is 0 Å². The molecule has 0 saturated heterocycles. The van der Waals surface area contributed by atoms with E-state index in [0.717, 1.165) is 17.8 Å². The molecule has 0 atom stereocenters. The molecule has 14 heavy (non-hydrogen) atoms. The lowest BCUT2D eigenvalue weighted by atomic mass is 9.98. The maximum Gasteiger partial charge on any atom is 0.117 e. The van der Waals surface area contributed by atoms with Gasteiger partial charge in [-0.25, -0.2) is 9.97 Å². The molecule has 0 spiro atoms. The first-order chi connectivity index (χ1) is 6.51. The van der Waals surface area contributed by atoms with E-state index >= 15 is 0 Å². The molecule has 0 aliphatic rings. The summed E-state index contributed by atoms with van der Waals surface area (Å²) < 4.78 is 0. The van der Waals surface area contributed by atoms with E-state index in [9.17, 15) is 0 Å². The van der Waals surface area contributed by atoms with Gasteiger partial charge in [-0.3, -0.25) is 0 Å². The molecule has 0 radical (unpaired) electrons. The highest BCUT2D eigenvalue weighted by Crippen LogP contribution is 2.10. The van der Waals surface area contributed by atoms with Crippen molar-refractivity contribution in [2.24, 2.45) is 5.41 Å². The summed E-state index contributed by atoms with van der Waals surface area (Å²) in [6.45, 7) is 8.33. The first kappa shape index (κ1) is 10.7. The lowest BCUT2D eigenvalue weighted by molar-refractivity contribution is 0.571. The second-order valence-corrected chi connectivity index (χ2v) is 4.25. The molecule has 74 valence electrons. The van der Waals surface area contributed by atoms with Crippen LogP contribution in [0.15, 0.2) is 12.4 Å². The van der Waals surface area contributed by atoms with E-state index < -0.39 is 0 Å². The molecule has 0 aromatic carbocycles. The standard InChI is InChI=1S/C12H16N2/c1-5-10-8-11(14-9-13-10)6-7-12(2,3)4/h8-9H,5H2,1-4H3. The van der Waals surface area contributed by atoms with E-state index in [2.05, 4.69) is 49.5 Å². The summed E-state index contributed by atoms with van der Waals surface area (Å²) in [5, 5.41) is 0. The molecule has 0 bridgehead atoms. The Bertz CT molecular complexity index is 364. The molecule has 0 aliphatic heterocycles. The summed E-state index contributed by atoms with van der Waals surface area (Å²) >= 11 is 0. The van der Waals surface area contributed by atoms with Crippen molar-refractivity contribution in [2.45, 2.75) is 34.1 Å². The zero-order chi connectivity index (χ0) is 10.6. The van der Waals surface area contributed by atoms with Gasteiger partial charge in [-0.1, -0.05) is 12.8 Å². The number of hydrogen-bond donors (Lipinski definition) is 0. The fourth-order valence-electron chi connectivity index (χ4n) is 0.911. The lowest BCUT2D eigenvalue weighted by Gasteiger charge is -2.06. The quantitative estimate of drug-likeness (QED) is 0.633. The van der Waals surface area contributed by atoms with Gasteiger partial charge in [0.1, 0.15) is 12.0 Å². The Morgan fingerprint density at radius 3 is 2.57 bits per heavy atom. The molecule has 1 aromatic rings. The lowest BCUT2D eigenvalue weighted by Crippen LogP contribution is -2.00. The fraction of sp³-hybridized carbons (Fsp3) is 0.500. The normalized spacial score (nSPS) is 10.6. The third-order valence-electron chi connectivity index (χ3n) is 1.65. The van der Waals surface area contributed by atoms with Crippen LogP contribution >= 0.6 is 0 Å². The van der Waals surface area contributed by atoms with Gasteiger partial charge in [0.15, 0.2) is 0 Å². The van der Waals surface area contributed by atoms with Gasteiger partial charge in [0, 0.05) is 11.1 Å². The van der Waals surface area contributed by atoms with Gasteiger partial charge < -0.3 is 0 Å². The molecule has 0 amide bonds. The average Bonchev–Trinajstić information content (AvgIpc) is 2.14. The summed E-state index contributed by atoms with van der Waals surface area (Å²) in [5.74, 6) is 6.21. The van der Waals surface area contributed by atoms with Crippen LogP contribution in [-0.4, -0.2) is 9.97 Å². The number of hydrogen-bond acceptors (Lipinski definition) is 2. The predicted octanol–water partition coefficient (Wildman–Crippen LogP) is 2.44. The van der Waals surface area contributed by atoms with Crippen LogP contribution in [0.2, 0.25) is 0 Å². The van der Waals surface area contributed by atoms with Crippen LogP contribution in [0.25, 0.3) is 0 Å². The summed E-state index contributed by atoms with van der Waals surface area (Å²) in [4.78, 5) is 8.23. The van der Waals surface area contributed by atoms with Crippen molar-refractivity contribution >= 4 is 0 Å². The van der Waals surface area contributed by atoms with Crippen LogP contribution in [0.3, 0.4) is 0 Å². The van der Waals surface area contributed by atoms with Crippen molar-refractivity contribution in [3.63, 3.8) is 0 Å². The molecular weight excluding hydrogens is 172 g/mol. The van der Waals surface area contributed by atoms with E-state index in [1.54, 1.807) is 6.33 Å². The zero-order valence-corrected chi connectivity index (χ0v) is 9.26. The summed E-state index contributed by atoms with van der Waals surface area (Å²) in [7, 11) is 0. The van der Waals surface area contributed by atoms with Gasteiger partial charge in [0.2, 0.25) is 0 Å². The Morgan fingerprint density at radius 2 is 2.00 bits per heavy atom. The van der Waals surface area contributed by atoms with Crippen molar-refractivity contribution in [3.05, 3.63) is 23.8 Å². The molecule has 0 fully saturated rings. The number of aryl methyl sites for hydroxylation is 1. The highest BCUT2D eigenvalue weighted by molar-refractivity contribution is 5.29. The van der Waals surface area contributed by atoms with E-state index in [0.29, 0.717) is 0 Å². The average molecular weight is 188 g/mol. The molecule has 0 N–H and O–H groups in total. The van der Waals surface area contributed by atoms with Crippen LogP contribution < -0.4 is 0 Å². The molecule has 1 heterocycles. The molecule has 0 unspecified atom stereocenters. The largest absolute Gasteiger partial charge is 0.241 e. The summed E-state index contributed by atoms with van der Waals surface area (Å²) in [6.07, 6.45) is 2.50. The van der Waals surface area contributed by atoms with Crippen molar-refractivity contribution in [1.82, 2.24) is 9.97 Å². The number of aromatic nitrogens is 2. The summed E-state index contributed by atoms with van der Waals surface area (Å²) in [6, 6.07) is 1.94. The molecule has 0 aliphatic carbocycles. The molecule has 1 aromatic heterocycles. The third-order valence-corrected chi connectivity index (χ3v) is 1.65. The van der Waals surface area contributed by atoms with E-state index in [-0.39, 0.29) is 5.41 Å². The minimum Gasteiger partial charge on any atom is -0.241 e. The van der Waals surface area contributed by atoms with Crippen LogP contribution in [0.5, 0.6) is 0 Å². The SMILES string of the molecule is CCc1cc(C#CC(C)(C)C)ncn1. The first-order valence-electron chi connectivity index (χ1n) is 4.85. The minimum atomic E-state index is 0.0251. The van der Waals surface area contributed by atoms with E-state index in [1.165, 1.54) is 0 Å². The smallest absolute Gasteiger partial charge is 0.117 e. The van der Waals surface area contributed by atoms with Crippen molar-refractivity contribution in [3.8, 4) is 11.8 Å². The molecular formula is C12H16N2. The van der Waals surface area contributed by atoms with Crippen molar-refractivity contribution < 1.29 is 0 Å². The maximum absolute atomic E-state index is 4.12. The topological polar surface area (TPSA) is 25.8 Å². The van der Waals surface area contributed by atoms with Crippen LogP contribution in [0.4, 0.5) is 0 Å². The van der Waals surface area contributed by atoms with Crippen molar-refractivity contribution in [2.75, 3.05) is 0 Å². The molecule has 1 rings (SSSR count). The Morgan fingerprint density at radius 1 is 1.29 bits per heavy atom. The predicted molar refractivity (Wildman–Crippen MR) is 57.7 cm³/mol. The van der Waals surface area contributed by atoms with Gasteiger partial charge in [-0.2, -0.15) is 0 Å². The third kappa shape index (κ3) is 3.57. The molecule has 0 saturated carbocycles. The first-order valence-corrected chi connectivity index (χ1v) is 4.85. The zero-order valence-electron chi connectivity index (χ0n) is 9.26. The van der Waals surface area contributed by atoms with Crippen LogP contribution in [0.1, 0.15) is 39.1 Å². The number of rotatable bonds is 1. The van der Waals surface area contributed by atoms with E-state index in [1.807, 2.05) is 6.07 Å². The van der Waals surface area contributed by atoms with Gasteiger partial charge >= 0.3 is 0 Å². The van der Waals surface area contributed by atoms with Gasteiger partial charge in [-0.15, -0.1) is 0 Å². The Labute approximate surface area is 85.8 Å².